The van der Waals surface area contributed by atoms with Crippen molar-refractivity contribution in [1.29, 1.82) is 5.26 Å². The van der Waals surface area contributed by atoms with Gasteiger partial charge in [0.2, 0.25) is 0 Å². The van der Waals surface area contributed by atoms with Crippen molar-refractivity contribution in [2.45, 2.75) is 128 Å². The zero-order chi connectivity index (χ0) is 24.6. The van der Waals surface area contributed by atoms with Gasteiger partial charge in [0.15, 0.2) is 0 Å². The van der Waals surface area contributed by atoms with E-state index in [0.717, 1.165) is 42.1 Å². The lowest BCUT2D eigenvalue weighted by Gasteiger charge is -2.43. The predicted octanol–water partition coefficient (Wildman–Crippen LogP) is 10.1. The monoisotopic (exact) mass is 483 g/mol. The molecule has 4 rings (SSSR count). The highest BCUT2D eigenvalue weighted by atomic mass is 19.1. The van der Waals surface area contributed by atoms with Gasteiger partial charge in [-0.15, -0.1) is 0 Å². The Hall–Kier alpha value is -1.43. The summed E-state index contributed by atoms with van der Waals surface area (Å²) < 4.78 is 28.3. The van der Waals surface area contributed by atoms with Gasteiger partial charge in [0, 0.05) is 0 Å². The Kier molecular flexibility index (Phi) is 10.1. The summed E-state index contributed by atoms with van der Waals surface area (Å²) in [6, 6.07) is 4.48. The Morgan fingerprint density at radius 2 is 1.29 bits per heavy atom. The molecule has 3 heteroatoms. The minimum Gasteiger partial charge on any atom is -0.205 e. The summed E-state index contributed by atoms with van der Waals surface area (Å²) in [4.78, 5) is 0. The third-order valence-electron chi connectivity index (χ3n) is 10.0. The van der Waals surface area contributed by atoms with Crippen LogP contribution in [0.1, 0.15) is 140 Å². The number of nitriles is 1. The molecule has 0 aliphatic heterocycles. The van der Waals surface area contributed by atoms with Crippen LogP contribution >= 0.6 is 0 Å². The van der Waals surface area contributed by atoms with Crippen LogP contribution in [0, 0.1) is 52.6 Å². The summed E-state index contributed by atoms with van der Waals surface area (Å²) in [5.41, 5.74) is 0.315. The summed E-state index contributed by atoms with van der Waals surface area (Å²) in [5, 5.41) is 8.94. The van der Waals surface area contributed by atoms with Crippen molar-refractivity contribution in [2.24, 2.45) is 29.6 Å². The number of hydrogen-bond donors (Lipinski definition) is 0. The first-order chi connectivity index (χ1) is 17.1. The molecule has 0 heterocycles. The maximum absolute atomic E-state index is 14.1. The summed E-state index contributed by atoms with van der Waals surface area (Å²) >= 11 is 0. The topological polar surface area (TPSA) is 23.8 Å². The zero-order valence-electron chi connectivity index (χ0n) is 22.0. The number of nitrogens with zero attached hydrogens (tertiary/aromatic N) is 1. The lowest BCUT2D eigenvalue weighted by atomic mass is 9.63. The van der Waals surface area contributed by atoms with Gasteiger partial charge in [-0.1, -0.05) is 90.4 Å². The molecular formula is C32H47F2N. The van der Waals surface area contributed by atoms with Crippen LogP contribution in [-0.4, -0.2) is 0 Å². The Bertz CT molecular complexity index is 811. The van der Waals surface area contributed by atoms with Gasteiger partial charge < -0.3 is 0 Å². The van der Waals surface area contributed by atoms with E-state index in [4.69, 9.17) is 5.26 Å². The molecule has 194 valence electrons. The van der Waals surface area contributed by atoms with Crippen molar-refractivity contribution in [2.75, 3.05) is 0 Å². The van der Waals surface area contributed by atoms with Crippen molar-refractivity contribution >= 4 is 0 Å². The molecule has 1 nitrogen and oxygen atoms in total. The van der Waals surface area contributed by atoms with E-state index in [2.05, 4.69) is 6.92 Å². The van der Waals surface area contributed by atoms with Crippen LogP contribution < -0.4 is 0 Å². The Labute approximate surface area is 213 Å². The smallest absolute Gasteiger partial charge is 0.144 e. The highest BCUT2D eigenvalue weighted by Crippen LogP contribution is 2.49. The maximum Gasteiger partial charge on any atom is 0.144 e. The third-order valence-corrected chi connectivity index (χ3v) is 10.0. The van der Waals surface area contributed by atoms with E-state index in [9.17, 15) is 8.78 Å². The fourth-order valence-corrected chi connectivity index (χ4v) is 7.80. The van der Waals surface area contributed by atoms with Gasteiger partial charge in [-0.3, -0.25) is 0 Å². The first-order valence-corrected chi connectivity index (χ1v) is 15.0. The van der Waals surface area contributed by atoms with Crippen LogP contribution in [0.5, 0.6) is 0 Å². The first-order valence-electron chi connectivity index (χ1n) is 15.0. The lowest BCUT2D eigenvalue weighted by molar-refractivity contribution is 0.108. The molecule has 0 spiro atoms. The number of rotatable bonds is 10. The first kappa shape index (κ1) is 26.6. The molecule has 0 amide bonds. The molecule has 35 heavy (non-hydrogen) atoms. The maximum atomic E-state index is 14.1. The average molecular weight is 484 g/mol. The molecule has 0 aromatic heterocycles. The van der Waals surface area contributed by atoms with Gasteiger partial charge in [0.25, 0.3) is 0 Å². The fourth-order valence-electron chi connectivity index (χ4n) is 7.80. The van der Waals surface area contributed by atoms with E-state index in [1.54, 1.807) is 6.07 Å². The molecular weight excluding hydrogens is 436 g/mol. The molecule has 3 aliphatic rings. The molecule has 3 saturated carbocycles. The Balaban J connectivity index is 1.15. The largest absolute Gasteiger partial charge is 0.205 e. The van der Waals surface area contributed by atoms with Crippen molar-refractivity contribution in [3.8, 4) is 6.07 Å². The molecule has 0 saturated heterocycles. The molecule has 1 aromatic rings. The molecule has 4 unspecified atom stereocenters. The zero-order valence-corrected chi connectivity index (χ0v) is 22.0. The van der Waals surface area contributed by atoms with E-state index < -0.39 is 17.2 Å². The van der Waals surface area contributed by atoms with E-state index in [-0.39, 0.29) is 5.92 Å². The van der Waals surface area contributed by atoms with Gasteiger partial charge in [0.05, 0.1) is 0 Å². The van der Waals surface area contributed by atoms with Crippen LogP contribution in [0.25, 0.3) is 0 Å². The molecule has 0 N–H and O–H groups in total. The lowest BCUT2D eigenvalue weighted by Crippen LogP contribution is -2.30. The number of hydrogen-bond acceptors (Lipinski definition) is 1. The van der Waals surface area contributed by atoms with E-state index in [0.29, 0.717) is 5.92 Å². The minimum atomic E-state index is -0.700. The molecule has 0 radical (unpaired) electrons. The van der Waals surface area contributed by atoms with Crippen molar-refractivity contribution in [1.82, 2.24) is 0 Å². The summed E-state index contributed by atoms with van der Waals surface area (Å²) in [5.74, 6) is 3.24. The van der Waals surface area contributed by atoms with Crippen molar-refractivity contribution < 1.29 is 8.78 Å². The molecule has 4 atom stereocenters. The van der Waals surface area contributed by atoms with Gasteiger partial charge >= 0.3 is 0 Å². The van der Waals surface area contributed by atoms with Crippen molar-refractivity contribution in [3.05, 3.63) is 34.9 Å². The number of fused-ring (bicyclic) bond motifs is 1. The number of unbranched alkanes of at least 4 members (excludes halogenated alkanes) is 4. The quantitative estimate of drug-likeness (QED) is 0.304. The van der Waals surface area contributed by atoms with Crippen LogP contribution in [0.4, 0.5) is 8.78 Å². The second kappa shape index (κ2) is 13.2. The van der Waals surface area contributed by atoms with E-state index in [1.807, 2.05) is 0 Å². The minimum absolute atomic E-state index is 0.242. The normalized spacial score (nSPS) is 31.0. The third kappa shape index (κ3) is 7.30. The summed E-state index contributed by atoms with van der Waals surface area (Å²) in [6.07, 6.45) is 24.6. The Morgan fingerprint density at radius 3 is 1.97 bits per heavy atom. The fraction of sp³-hybridized carbons (Fsp3) is 0.781. The van der Waals surface area contributed by atoms with Gasteiger partial charge in [-0.2, -0.15) is 5.26 Å². The highest BCUT2D eigenvalue weighted by molar-refractivity contribution is 5.36. The number of benzene rings is 1. The van der Waals surface area contributed by atoms with Crippen molar-refractivity contribution in [3.63, 3.8) is 0 Å². The summed E-state index contributed by atoms with van der Waals surface area (Å²) in [7, 11) is 0. The van der Waals surface area contributed by atoms with Crippen LogP contribution in [0.15, 0.2) is 12.1 Å². The van der Waals surface area contributed by atoms with E-state index >= 15 is 0 Å². The molecule has 3 aliphatic carbocycles. The highest BCUT2D eigenvalue weighted by Gasteiger charge is 2.36. The predicted molar refractivity (Wildman–Crippen MR) is 140 cm³/mol. The van der Waals surface area contributed by atoms with Crippen LogP contribution in [0.2, 0.25) is 0 Å². The SMILES string of the molecule is CCCCCCCC1CCC(CCC2CCC3CC(c4cc(F)c(C#N)c(F)c4)CCC3C2)CC1. The van der Waals surface area contributed by atoms with Crippen LogP contribution in [0.3, 0.4) is 0 Å². The molecule has 1 aromatic carbocycles. The average Bonchev–Trinajstić information content (AvgIpc) is 2.87. The standard InChI is InChI=1S/C32H47F2N/c1-2-3-4-5-6-7-23-8-10-24(11-9-23)12-13-25-14-15-27-19-28(17-16-26(27)18-25)29-20-31(33)30(22-35)32(34)21-29/h20-21,23-28H,2-19H2,1H3. The molecule has 0 bridgehead atoms. The van der Waals surface area contributed by atoms with Crippen LogP contribution in [-0.2, 0) is 0 Å². The molecule has 3 fully saturated rings. The van der Waals surface area contributed by atoms with E-state index in [1.165, 1.54) is 115 Å². The second-order valence-corrected chi connectivity index (χ2v) is 12.3. The Morgan fingerprint density at radius 1 is 0.714 bits per heavy atom. The summed E-state index contributed by atoms with van der Waals surface area (Å²) in [6.45, 7) is 2.29. The van der Waals surface area contributed by atoms with Gasteiger partial charge in [0.1, 0.15) is 23.3 Å². The van der Waals surface area contributed by atoms with Gasteiger partial charge in [-0.25, -0.2) is 8.78 Å². The number of halogens is 2. The second-order valence-electron chi connectivity index (χ2n) is 12.3. The van der Waals surface area contributed by atoms with Gasteiger partial charge in [-0.05, 0) is 85.3 Å².